The quantitative estimate of drug-likeness (QED) is 0.463. The van der Waals surface area contributed by atoms with Gasteiger partial charge in [0, 0.05) is 33.9 Å². The smallest absolute Gasteiger partial charge is 0.274 e. The molecular weight excluding hydrogens is 338 g/mol. The van der Waals surface area contributed by atoms with Crippen molar-refractivity contribution in [1.29, 1.82) is 0 Å². The van der Waals surface area contributed by atoms with Gasteiger partial charge in [0.1, 0.15) is 0 Å². The Bertz CT molecular complexity index is 957. The van der Waals surface area contributed by atoms with Crippen molar-refractivity contribution in [3.63, 3.8) is 0 Å². The van der Waals surface area contributed by atoms with E-state index in [1.54, 1.807) is 25.1 Å². The number of anilines is 2. The second-order valence-corrected chi connectivity index (χ2v) is 6.39. The lowest BCUT2D eigenvalue weighted by Crippen LogP contribution is -2.00. The van der Waals surface area contributed by atoms with Crippen molar-refractivity contribution < 1.29 is 4.92 Å². The van der Waals surface area contributed by atoms with Gasteiger partial charge in [-0.25, -0.2) is 0 Å². The van der Waals surface area contributed by atoms with Crippen LogP contribution in [0, 0.1) is 17.0 Å². The van der Waals surface area contributed by atoms with Gasteiger partial charge in [0.05, 0.1) is 16.1 Å². The minimum Gasteiger partial charge on any atom is -0.354 e. The number of nitrogens with one attached hydrogen (secondary N) is 1. The third kappa shape index (κ3) is 3.56. The molecular formula is C19H18ClN3O2. The Kier molecular flexibility index (Phi) is 4.86. The zero-order chi connectivity index (χ0) is 18.0. The topological polar surface area (TPSA) is 68.1 Å². The maximum absolute atomic E-state index is 11.2. The molecule has 0 saturated heterocycles. The van der Waals surface area contributed by atoms with Crippen LogP contribution in [0.5, 0.6) is 0 Å². The van der Waals surface area contributed by atoms with Crippen LogP contribution < -0.4 is 5.32 Å². The first-order valence-electron chi connectivity index (χ1n) is 8.08. The maximum atomic E-state index is 11.2. The zero-order valence-corrected chi connectivity index (χ0v) is 14.8. The van der Waals surface area contributed by atoms with Gasteiger partial charge in [0.2, 0.25) is 0 Å². The van der Waals surface area contributed by atoms with Gasteiger partial charge in [-0.3, -0.25) is 15.1 Å². The Morgan fingerprint density at radius 1 is 1.24 bits per heavy atom. The van der Waals surface area contributed by atoms with Crippen molar-refractivity contribution in [2.45, 2.75) is 26.7 Å². The highest BCUT2D eigenvalue weighted by molar-refractivity contribution is 6.31. The molecule has 0 aliphatic carbocycles. The molecule has 1 aromatic heterocycles. The largest absolute Gasteiger partial charge is 0.354 e. The van der Waals surface area contributed by atoms with Gasteiger partial charge in [0.15, 0.2) is 0 Å². The molecule has 0 atom stereocenters. The molecule has 0 spiro atoms. The monoisotopic (exact) mass is 355 g/mol. The number of hydrogen-bond donors (Lipinski definition) is 1. The van der Waals surface area contributed by atoms with Gasteiger partial charge in [-0.1, -0.05) is 31.0 Å². The van der Waals surface area contributed by atoms with E-state index in [1.165, 1.54) is 0 Å². The molecule has 25 heavy (non-hydrogen) atoms. The van der Waals surface area contributed by atoms with Gasteiger partial charge in [0.25, 0.3) is 5.69 Å². The van der Waals surface area contributed by atoms with E-state index in [0.29, 0.717) is 16.3 Å². The number of aromatic nitrogens is 1. The van der Waals surface area contributed by atoms with E-state index < -0.39 is 0 Å². The molecule has 0 unspecified atom stereocenters. The van der Waals surface area contributed by atoms with Crippen LogP contribution in [0.1, 0.15) is 24.5 Å². The lowest BCUT2D eigenvalue weighted by Gasteiger charge is -2.15. The standard InChI is InChI=1S/C19H18ClN3O2/c1-3-4-13-11-21-17-8-6-14(20)9-16(17)19(13)22-15-7-5-12(2)18(10-15)23(24)25/h5-11H,3-4H2,1-2H3,(H,21,22). The van der Waals surface area contributed by atoms with Gasteiger partial charge in [-0.15, -0.1) is 0 Å². The summed E-state index contributed by atoms with van der Waals surface area (Å²) in [5, 5.41) is 16.1. The molecule has 0 aliphatic rings. The van der Waals surface area contributed by atoms with Gasteiger partial charge in [-0.05, 0) is 43.2 Å². The summed E-state index contributed by atoms with van der Waals surface area (Å²) < 4.78 is 0. The summed E-state index contributed by atoms with van der Waals surface area (Å²) in [4.78, 5) is 15.3. The molecule has 1 heterocycles. The Morgan fingerprint density at radius 2 is 2.04 bits per heavy atom. The number of pyridine rings is 1. The molecule has 3 rings (SSSR count). The molecule has 128 valence electrons. The number of hydrogen-bond acceptors (Lipinski definition) is 4. The maximum Gasteiger partial charge on any atom is 0.274 e. The van der Waals surface area contributed by atoms with Crippen LogP contribution in [0.15, 0.2) is 42.6 Å². The van der Waals surface area contributed by atoms with Crippen molar-refractivity contribution in [2.75, 3.05) is 5.32 Å². The summed E-state index contributed by atoms with van der Waals surface area (Å²) in [6.07, 6.45) is 3.67. The summed E-state index contributed by atoms with van der Waals surface area (Å²) in [5.41, 5.74) is 4.17. The molecule has 0 amide bonds. The predicted octanol–water partition coefficient (Wildman–Crippen LogP) is 5.80. The van der Waals surface area contributed by atoms with E-state index in [2.05, 4.69) is 17.2 Å². The van der Waals surface area contributed by atoms with Crippen LogP contribution >= 0.6 is 11.6 Å². The van der Waals surface area contributed by atoms with E-state index in [4.69, 9.17) is 11.6 Å². The molecule has 6 heteroatoms. The number of rotatable bonds is 5. The fourth-order valence-corrected chi connectivity index (χ4v) is 3.01. The first-order valence-corrected chi connectivity index (χ1v) is 8.46. The lowest BCUT2D eigenvalue weighted by atomic mass is 10.0. The third-order valence-electron chi connectivity index (χ3n) is 4.10. The normalized spacial score (nSPS) is 10.8. The fraction of sp³-hybridized carbons (Fsp3) is 0.211. The van der Waals surface area contributed by atoms with E-state index >= 15 is 0 Å². The van der Waals surface area contributed by atoms with E-state index in [-0.39, 0.29) is 10.6 Å². The summed E-state index contributed by atoms with van der Waals surface area (Å²) in [6, 6.07) is 10.7. The number of nitro benzene ring substituents is 1. The van der Waals surface area contributed by atoms with E-state index in [0.717, 1.165) is 35.0 Å². The Hall–Kier alpha value is -2.66. The number of nitro groups is 1. The minimum absolute atomic E-state index is 0.0958. The van der Waals surface area contributed by atoms with Crippen LogP contribution in [0.2, 0.25) is 5.02 Å². The molecule has 0 radical (unpaired) electrons. The van der Waals surface area contributed by atoms with Crippen LogP contribution in [0.4, 0.5) is 17.1 Å². The number of halogens is 1. The van der Waals surface area contributed by atoms with E-state index in [1.807, 2.05) is 24.4 Å². The van der Waals surface area contributed by atoms with E-state index in [9.17, 15) is 10.1 Å². The molecule has 2 aromatic carbocycles. The van der Waals surface area contributed by atoms with Gasteiger partial charge >= 0.3 is 0 Å². The first kappa shape index (κ1) is 17.2. The molecule has 0 saturated carbocycles. The zero-order valence-electron chi connectivity index (χ0n) is 14.0. The average Bonchev–Trinajstić information content (AvgIpc) is 2.58. The van der Waals surface area contributed by atoms with Crippen LogP contribution in [0.3, 0.4) is 0 Å². The van der Waals surface area contributed by atoms with Crippen molar-refractivity contribution in [1.82, 2.24) is 4.98 Å². The average molecular weight is 356 g/mol. The van der Waals surface area contributed by atoms with Gasteiger partial charge < -0.3 is 5.32 Å². The first-order chi connectivity index (χ1) is 12.0. The molecule has 1 N–H and O–H groups in total. The molecule has 3 aromatic rings. The highest BCUT2D eigenvalue weighted by Crippen LogP contribution is 2.33. The number of benzene rings is 2. The number of aryl methyl sites for hydroxylation is 2. The predicted molar refractivity (Wildman–Crippen MR) is 102 cm³/mol. The Morgan fingerprint density at radius 3 is 2.76 bits per heavy atom. The number of fused-ring (bicyclic) bond motifs is 1. The van der Waals surface area contributed by atoms with Crippen molar-refractivity contribution in [3.05, 3.63) is 68.9 Å². The van der Waals surface area contributed by atoms with Gasteiger partial charge in [-0.2, -0.15) is 0 Å². The highest BCUT2D eigenvalue weighted by Gasteiger charge is 2.14. The molecule has 5 nitrogen and oxygen atoms in total. The molecule has 0 bridgehead atoms. The van der Waals surface area contributed by atoms with Crippen LogP contribution in [0.25, 0.3) is 10.9 Å². The minimum atomic E-state index is -0.366. The summed E-state index contributed by atoms with van der Waals surface area (Å²) in [5.74, 6) is 0. The van der Waals surface area contributed by atoms with Crippen molar-refractivity contribution in [3.8, 4) is 0 Å². The summed E-state index contributed by atoms with van der Waals surface area (Å²) >= 11 is 6.17. The molecule has 0 fully saturated rings. The number of nitrogens with zero attached hydrogens (tertiary/aromatic N) is 2. The van der Waals surface area contributed by atoms with Crippen molar-refractivity contribution in [2.24, 2.45) is 0 Å². The van der Waals surface area contributed by atoms with Crippen LogP contribution in [-0.4, -0.2) is 9.91 Å². The summed E-state index contributed by atoms with van der Waals surface area (Å²) in [7, 11) is 0. The fourth-order valence-electron chi connectivity index (χ4n) is 2.84. The summed E-state index contributed by atoms with van der Waals surface area (Å²) in [6.45, 7) is 3.83. The van der Waals surface area contributed by atoms with Crippen molar-refractivity contribution >= 4 is 39.6 Å². The second kappa shape index (κ2) is 7.07. The molecule has 0 aliphatic heterocycles. The second-order valence-electron chi connectivity index (χ2n) is 5.95. The Balaban J connectivity index is 2.13. The third-order valence-corrected chi connectivity index (χ3v) is 4.34. The SMILES string of the molecule is CCCc1cnc2ccc(Cl)cc2c1Nc1ccc(C)c([N+](=O)[O-])c1. The highest BCUT2D eigenvalue weighted by atomic mass is 35.5. The van der Waals surface area contributed by atoms with Crippen LogP contribution in [-0.2, 0) is 6.42 Å². The lowest BCUT2D eigenvalue weighted by molar-refractivity contribution is -0.385. The Labute approximate surface area is 150 Å².